The van der Waals surface area contributed by atoms with Crippen molar-refractivity contribution >= 4 is 6.08 Å². The van der Waals surface area contributed by atoms with Crippen LogP contribution in [-0.2, 0) is 4.79 Å². The number of carbonyl (C=O) groups excluding carboxylic acids is 1. The van der Waals surface area contributed by atoms with Crippen molar-refractivity contribution in [3.63, 3.8) is 0 Å². The minimum atomic E-state index is -0.678. The summed E-state index contributed by atoms with van der Waals surface area (Å²) >= 11 is 0. The summed E-state index contributed by atoms with van der Waals surface area (Å²) in [6, 6.07) is 3.13. The average molecular weight is 155 g/mol. The second-order valence-corrected chi connectivity index (χ2v) is 1.89. The van der Waals surface area contributed by atoms with Crippen LogP contribution in [0.1, 0.15) is 0 Å². The van der Waals surface area contributed by atoms with Gasteiger partial charge in [-0.2, -0.15) is 0 Å². The SMILES string of the molecule is Fc1c2ccc-2c1F.N=C=O. The van der Waals surface area contributed by atoms with Crippen LogP contribution in [0, 0.1) is 17.0 Å². The summed E-state index contributed by atoms with van der Waals surface area (Å²) < 4.78 is 24.0. The number of hydrogen-bond acceptors (Lipinski definition) is 2. The maximum atomic E-state index is 12.0. The van der Waals surface area contributed by atoms with Gasteiger partial charge in [0.1, 0.15) is 0 Å². The van der Waals surface area contributed by atoms with Gasteiger partial charge in [0.25, 0.3) is 0 Å². The van der Waals surface area contributed by atoms with Gasteiger partial charge in [0.05, 0.1) is 0 Å². The predicted octanol–water partition coefficient (Wildman–Crippen LogP) is 1.85. The molecule has 56 valence electrons. The van der Waals surface area contributed by atoms with Crippen LogP contribution in [0.15, 0.2) is 12.1 Å². The van der Waals surface area contributed by atoms with E-state index < -0.39 is 11.6 Å². The highest BCUT2D eigenvalue weighted by atomic mass is 19.2. The van der Waals surface area contributed by atoms with Gasteiger partial charge in [-0.15, -0.1) is 0 Å². The molecule has 2 aliphatic rings. The van der Waals surface area contributed by atoms with Crippen LogP contribution in [0.3, 0.4) is 0 Å². The van der Waals surface area contributed by atoms with Gasteiger partial charge in [-0.3, -0.25) is 0 Å². The summed E-state index contributed by atoms with van der Waals surface area (Å²) in [5.41, 5.74) is 0.894. The monoisotopic (exact) mass is 155 g/mol. The zero-order chi connectivity index (χ0) is 8.43. The summed E-state index contributed by atoms with van der Waals surface area (Å²) in [5, 5.41) is 5.40. The molecule has 0 radical (unpaired) electrons. The molecule has 2 aliphatic carbocycles. The standard InChI is InChI=1S/C6H2F2.CHNO/c7-5-3-1-2-4(3)6(5)8;2-1-3/h1-2H;2H. The largest absolute Gasteiger partial charge is 0.231 e. The molecule has 1 N–H and O–H groups in total. The van der Waals surface area contributed by atoms with E-state index >= 15 is 0 Å². The van der Waals surface area contributed by atoms with Gasteiger partial charge in [-0.25, -0.2) is 19.0 Å². The first-order chi connectivity index (χ1) is 5.22. The molecule has 2 nitrogen and oxygen atoms in total. The van der Waals surface area contributed by atoms with Crippen LogP contribution in [0.2, 0.25) is 0 Å². The maximum Gasteiger partial charge on any atom is 0.231 e. The number of benzene rings is 1. The zero-order valence-corrected chi connectivity index (χ0v) is 5.32. The number of fused-ring (bicyclic) bond motifs is 1. The molecule has 4 heteroatoms. The lowest BCUT2D eigenvalue weighted by Crippen LogP contribution is -2.03. The van der Waals surface area contributed by atoms with Crippen molar-refractivity contribution in [2.75, 3.05) is 0 Å². The van der Waals surface area contributed by atoms with Crippen molar-refractivity contribution in [1.82, 2.24) is 0 Å². The van der Waals surface area contributed by atoms with Gasteiger partial charge in [-0.05, 0) is 0 Å². The number of hydrogen-bond donors (Lipinski definition) is 1. The Balaban J connectivity index is 0.000000179. The average Bonchev–Trinajstić information content (AvgIpc) is 1.87. The summed E-state index contributed by atoms with van der Waals surface area (Å²) in [6.07, 6.45) is 0.750. The Kier molecular flexibility index (Phi) is 1.79. The van der Waals surface area contributed by atoms with Crippen LogP contribution in [-0.4, -0.2) is 6.08 Å². The van der Waals surface area contributed by atoms with Crippen molar-refractivity contribution in [1.29, 1.82) is 5.41 Å². The minimum absolute atomic E-state index is 0.447. The quantitative estimate of drug-likeness (QED) is 0.457. The van der Waals surface area contributed by atoms with Gasteiger partial charge in [0, 0.05) is 11.1 Å². The molecule has 0 spiro atoms. The van der Waals surface area contributed by atoms with Crippen LogP contribution >= 0.6 is 0 Å². The molecule has 0 aliphatic heterocycles. The van der Waals surface area contributed by atoms with E-state index in [1.54, 1.807) is 12.1 Å². The van der Waals surface area contributed by atoms with Crippen LogP contribution in [0.4, 0.5) is 8.78 Å². The molecule has 0 aromatic carbocycles. The van der Waals surface area contributed by atoms with Crippen LogP contribution in [0.5, 0.6) is 0 Å². The van der Waals surface area contributed by atoms with Gasteiger partial charge in [0.2, 0.25) is 6.08 Å². The number of halogens is 2. The second kappa shape index (κ2) is 2.60. The molecular formula is C7H3F2NO. The molecule has 0 atom stereocenters. The second-order valence-electron chi connectivity index (χ2n) is 1.89. The van der Waals surface area contributed by atoms with E-state index in [1.165, 1.54) is 0 Å². The number of rotatable bonds is 0. The Morgan fingerprint density at radius 1 is 1.18 bits per heavy atom. The molecule has 0 aromatic heterocycles. The Labute approximate surface area is 61.0 Å². The lowest BCUT2D eigenvalue weighted by Gasteiger charge is -2.16. The third-order valence-corrected chi connectivity index (χ3v) is 1.37. The molecule has 0 unspecified atom stereocenters. The third kappa shape index (κ3) is 0.932. The van der Waals surface area contributed by atoms with Crippen molar-refractivity contribution in [3.8, 4) is 11.1 Å². The zero-order valence-electron chi connectivity index (χ0n) is 5.32. The smallest absolute Gasteiger partial charge is 0.222 e. The van der Waals surface area contributed by atoms with E-state index in [2.05, 4.69) is 0 Å². The normalized spacial score (nSPS) is 9.27. The van der Waals surface area contributed by atoms with E-state index in [0.29, 0.717) is 11.1 Å². The number of nitrogens with one attached hydrogen (secondary N) is 1. The maximum absolute atomic E-state index is 12.0. The van der Waals surface area contributed by atoms with Crippen molar-refractivity contribution in [3.05, 3.63) is 23.8 Å². The fourth-order valence-electron chi connectivity index (χ4n) is 0.807. The Morgan fingerprint density at radius 3 is 1.55 bits per heavy atom. The Hall–Kier alpha value is -1.54. The van der Waals surface area contributed by atoms with Crippen molar-refractivity contribution in [2.45, 2.75) is 0 Å². The molecule has 0 saturated carbocycles. The summed E-state index contributed by atoms with van der Waals surface area (Å²) in [5.74, 6) is -1.36. The third-order valence-electron chi connectivity index (χ3n) is 1.37. The van der Waals surface area contributed by atoms with E-state index in [9.17, 15) is 8.78 Å². The fourth-order valence-corrected chi connectivity index (χ4v) is 0.807. The highest BCUT2D eigenvalue weighted by Crippen LogP contribution is 2.38. The molecule has 0 fully saturated rings. The van der Waals surface area contributed by atoms with Gasteiger partial charge in [0.15, 0.2) is 11.6 Å². The summed E-state index contributed by atoms with van der Waals surface area (Å²) in [4.78, 5) is 8.35. The first kappa shape index (κ1) is 7.57. The molecule has 0 amide bonds. The molecule has 0 saturated heterocycles. The van der Waals surface area contributed by atoms with Gasteiger partial charge < -0.3 is 0 Å². The Bertz CT molecular complexity index is 302. The van der Waals surface area contributed by atoms with Crippen LogP contribution < -0.4 is 0 Å². The van der Waals surface area contributed by atoms with Crippen LogP contribution in [0.25, 0.3) is 11.1 Å². The topological polar surface area (TPSA) is 40.9 Å². The molecule has 0 aromatic rings. The summed E-state index contributed by atoms with van der Waals surface area (Å²) in [7, 11) is 0. The van der Waals surface area contributed by atoms with Gasteiger partial charge in [-0.1, -0.05) is 12.1 Å². The predicted molar refractivity (Wildman–Crippen MR) is 33.8 cm³/mol. The molecular weight excluding hydrogens is 152 g/mol. The Morgan fingerprint density at radius 2 is 1.45 bits per heavy atom. The van der Waals surface area contributed by atoms with E-state index in [-0.39, 0.29) is 0 Å². The molecule has 11 heavy (non-hydrogen) atoms. The lowest BCUT2D eigenvalue weighted by molar-refractivity contribution is 0.494. The molecule has 0 heterocycles. The lowest BCUT2D eigenvalue weighted by atomic mass is 9.92. The summed E-state index contributed by atoms with van der Waals surface area (Å²) in [6.45, 7) is 0. The van der Waals surface area contributed by atoms with E-state index in [0.717, 1.165) is 6.08 Å². The highest BCUT2D eigenvalue weighted by Gasteiger charge is 2.25. The minimum Gasteiger partial charge on any atom is -0.222 e. The van der Waals surface area contributed by atoms with Crippen molar-refractivity contribution < 1.29 is 13.6 Å². The molecule has 0 bridgehead atoms. The van der Waals surface area contributed by atoms with E-state index in [1.807, 2.05) is 0 Å². The first-order valence-electron chi connectivity index (χ1n) is 2.74. The highest BCUT2D eigenvalue weighted by molar-refractivity contribution is 5.77. The van der Waals surface area contributed by atoms with Gasteiger partial charge >= 0.3 is 0 Å². The van der Waals surface area contributed by atoms with Crippen molar-refractivity contribution in [2.24, 2.45) is 0 Å². The van der Waals surface area contributed by atoms with E-state index in [4.69, 9.17) is 10.2 Å². The first-order valence-corrected chi connectivity index (χ1v) is 2.74. The fraction of sp³-hybridized carbons (Fsp3) is 0. The molecule has 2 rings (SSSR count). The number of isocyanates is 1.